The highest BCUT2D eigenvalue weighted by Crippen LogP contribution is 2.24. The van der Waals surface area contributed by atoms with Crippen molar-refractivity contribution in [3.63, 3.8) is 0 Å². The molecule has 0 radical (unpaired) electrons. The zero-order valence-corrected chi connectivity index (χ0v) is 17.2. The van der Waals surface area contributed by atoms with E-state index in [1.165, 1.54) is 16.8 Å². The van der Waals surface area contributed by atoms with Crippen molar-refractivity contribution < 1.29 is 13.9 Å². The smallest absolute Gasteiger partial charge is 0.237 e. The molecule has 0 aliphatic carbocycles. The highest BCUT2D eigenvalue weighted by molar-refractivity contribution is 8.00. The molecule has 0 fully saturated rings. The molecule has 9 heteroatoms. The van der Waals surface area contributed by atoms with Gasteiger partial charge in [-0.05, 0) is 44.5 Å². The summed E-state index contributed by atoms with van der Waals surface area (Å²) < 4.78 is 20.8. The fourth-order valence-electron chi connectivity index (χ4n) is 2.60. The molecule has 1 atom stereocenters. The van der Waals surface area contributed by atoms with Gasteiger partial charge in [-0.3, -0.25) is 4.79 Å². The van der Waals surface area contributed by atoms with Crippen LogP contribution in [0, 0.1) is 19.7 Å². The van der Waals surface area contributed by atoms with Crippen LogP contribution in [-0.4, -0.2) is 26.0 Å². The number of rotatable bonds is 7. The molecular weight excluding hydrogens is 393 g/mol. The Kier molecular flexibility index (Phi) is 6.38. The van der Waals surface area contributed by atoms with Crippen molar-refractivity contribution in [1.82, 2.24) is 14.9 Å². The highest BCUT2D eigenvalue weighted by Gasteiger charge is 2.20. The van der Waals surface area contributed by atoms with E-state index in [1.807, 2.05) is 32.0 Å². The Hall–Kier alpha value is -3.07. The SMILES string of the molecule is Cc1ccc(OCc2nnc(S[C@H](C)C(=O)Nc3ccccc3F)n2N)c(C)c1. The number of halogens is 1. The molecule has 3 aromatic rings. The standard InChI is InChI=1S/C20H22FN5O2S/c1-12-8-9-17(13(2)10-12)28-11-18-24-25-20(26(18)22)29-14(3)19(27)23-16-7-5-4-6-15(16)21/h4-10,14H,11,22H2,1-3H3,(H,23,27)/t14-/m1/s1. The van der Waals surface area contributed by atoms with Crippen LogP contribution < -0.4 is 15.9 Å². The van der Waals surface area contributed by atoms with Gasteiger partial charge in [0.1, 0.15) is 18.2 Å². The zero-order chi connectivity index (χ0) is 21.0. The molecular formula is C20H22FN5O2S. The van der Waals surface area contributed by atoms with Crippen molar-refractivity contribution in [3.8, 4) is 5.75 Å². The number of ether oxygens (including phenoxy) is 1. The molecule has 0 unspecified atom stereocenters. The van der Waals surface area contributed by atoms with Gasteiger partial charge in [-0.15, -0.1) is 10.2 Å². The molecule has 7 nitrogen and oxygen atoms in total. The Labute approximate surface area is 172 Å². The van der Waals surface area contributed by atoms with E-state index < -0.39 is 11.1 Å². The number of nitrogens with one attached hydrogen (secondary N) is 1. The molecule has 2 aromatic carbocycles. The predicted octanol–water partition coefficient (Wildman–Crippen LogP) is 3.45. The molecule has 3 N–H and O–H groups in total. The van der Waals surface area contributed by atoms with Gasteiger partial charge in [0.15, 0.2) is 5.82 Å². The van der Waals surface area contributed by atoms with Gasteiger partial charge >= 0.3 is 0 Å². The van der Waals surface area contributed by atoms with Gasteiger partial charge in [0, 0.05) is 0 Å². The van der Waals surface area contributed by atoms with E-state index in [4.69, 9.17) is 10.6 Å². The van der Waals surface area contributed by atoms with E-state index in [1.54, 1.807) is 19.1 Å². The fourth-order valence-corrected chi connectivity index (χ4v) is 3.39. The maximum Gasteiger partial charge on any atom is 0.237 e. The number of hydrogen-bond donors (Lipinski definition) is 2. The number of carbonyl (C=O) groups is 1. The first kappa shape index (κ1) is 20.7. The first-order chi connectivity index (χ1) is 13.8. The number of hydrogen-bond acceptors (Lipinski definition) is 6. The van der Waals surface area contributed by atoms with Crippen LogP contribution in [0.1, 0.15) is 23.9 Å². The van der Waals surface area contributed by atoms with Crippen LogP contribution in [0.3, 0.4) is 0 Å². The number of aryl methyl sites for hydroxylation is 2. The van der Waals surface area contributed by atoms with Gasteiger partial charge in [0.05, 0.1) is 10.9 Å². The van der Waals surface area contributed by atoms with Crippen LogP contribution in [0.25, 0.3) is 0 Å². The summed E-state index contributed by atoms with van der Waals surface area (Å²) in [5, 5.41) is 10.4. The lowest BCUT2D eigenvalue weighted by Gasteiger charge is -2.12. The lowest BCUT2D eigenvalue weighted by molar-refractivity contribution is -0.115. The summed E-state index contributed by atoms with van der Waals surface area (Å²) in [7, 11) is 0. The second-order valence-corrected chi connectivity index (χ2v) is 7.86. The summed E-state index contributed by atoms with van der Waals surface area (Å²) in [5.41, 5.74) is 2.29. The summed E-state index contributed by atoms with van der Waals surface area (Å²) in [6.45, 7) is 5.80. The van der Waals surface area contributed by atoms with Crippen molar-refractivity contribution in [2.24, 2.45) is 0 Å². The Morgan fingerprint density at radius 2 is 2.03 bits per heavy atom. The molecule has 3 rings (SSSR count). The molecule has 0 aliphatic heterocycles. The normalized spacial score (nSPS) is 11.9. The van der Waals surface area contributed by atoms with Crippen LogP contribution in [0.4, 0.5) is 10.1 Å². The number of anilines is 1. The molecule has 0 spiro atoms. The molecule has 152 valence electrons. The van der Waals surface area contributed by atoms with Crippen LogP contribution in [0.5, 0.6) is 5.75 Å². The van der Waals surface area contributed by atoms with Gasteiger partial charge < -0.3 is 15.9 Å². The summed E-state index contributed by atoms with van der Waals surface area (Å²) in [4.78, 5) is 12.3. The number of nitrogens with zero attached hydrogens (tertiary/aromatic N) is 3. The highest BCUT2D eigenvalue weighted by atomic mass is 32.2. The second kappa shape index (κ2) is 8.95. The number of benzene rings is 2. The minimum absolute atomic E-state index is 0.127. The van der Waals surface area contributed by atoms with E-state index in [2.05, 4.69) is 15.5 Å². The fraction of sp³-hybridized carbons (Fsp3) is 0.250. The van der Waals surface area contributed by atoms with Gasteiger partial charge in [0.25, 0.3) is 0 Å². The molecule has 0 saturated carbocycles. The van der Waals surface area contributed by atoms with E-state index in [9.17, 15) is 9.18 Å². The summed E-state index contributed by atoms with van der Waals surface area (Å²) in [6.07, 6.45) is 0. The van der Waals surface area contributed by atoms with Crippen LogP contribution >= 0.6 is 11.8 Å². The van der Waals surface area contributed by atoms with E-state index >= 15 is 0 Å². The van der Waals surface area contributed by atoms with Crippen molar-refractivity contribution in [3.05, 3.63) is 65.2 Å². The third-order valence-corrected chi connectivity index (χ3v) is 5.26. The number of amides is 1. The maximum atomic E-state index is 13.7. The molecule has 29 heavy (non-hydrogen) atoms. The van der Waals surface area contributed by atoms with Gasteiger partial charge in [0.2, 0.25) is 11.1 Å². The lowest BCUT2D eigenvalue weighted by atomic mass is 10.1. The van der Waals surface area contributed by atoms with Crippen molar-refractivity contribution in [2.45, 2.75) is 37.8 Å². The Morgan fingerprint density at radius 3 is 2.76 bits per heavy atom. The quantitative estimate of drug-likeness (QED) is 0.453. The van der Waals surface area contributed by atoms with Gasteiger partial charge in [-0.1, -0.05) is 41.6 Å². The first-order valence-electron chi connectivity index (χ1n) is 8.96. The number of para-hydroxylation sites is 1. The number of nitrogen functional groups attached to an aromatic ring is 1. The number of thioether (sulfide) groups is 1. The van der Waals surface area contributed by atoms with Crippen LogP contribution in [0.15, 0.2) is 47.6 Å². The molecule has 1 amide bonds. The number of aromatic nitrogens is 3. The van der Waals surface area contributed by atoms with Gasteiger partial charge in [-0.25, -0.2) is 9.07 Å². The third kappa shape index (κ3) is 5.05. The number of carbonyl (C=O) groups excluding carboxylic acids is 1. The minimum Gasteiger partial charge on any atom is -0.485 e. The second-order valence-electron chi connectivity index (χ2n) is 6.56. The molecule has 0 saturated heterocycles. The minimum atomic E-state index is -0.561. The average Bonchev–Trinajstić information content (AvgIpc) is 3.02. The Balaban J connectivity index is 1.61. The van der Waals surface area contributed by atoms with Crippen molar-refractivity contribution >= 4 is 23.4 Å². The predicted molar refractivity (Wildman–Crippen MR) is 111 cm³/mol. The molecule has 0 aliphatic rings. The van der Waals surface area contributed by atoms with E-state index in [-0.39, 0.29) is 18.2 Å². The average molecular weight is 415 g/mol. The van der Waals surface area contributed by atoms with Crippen molar-refractivity contribution in [2.75, 3.05) is 11.2 Å². The van der Waals surface area contributed by atoms with E-state index in [0.29, 0.717) is 11.0 Å². The third-order valence-electron chi connectivity index (χ3n) is 4.21. The Morgan fingerprint density at radius 1 is 1.28 bits per heavy atom. The van der Waals surface area contributed by atoms with Gasteiger partial charge in [-0.2, -0.15) is 0 Å². The molecule has 1 aromatic heterocycles. The molecule has 1 heterocycles. The summed E-state index contributed by atoms with van der Waals surface area (Å²) >= 11 is 1.13. The summed E-state index contributed by atoms with van der Waals surface area (Å²) in [6, 6.07) is 11.9. The largest absolute Gasteiger partial charge is 0.485 e. The summed E-state index contributed by atoms with van der Waals surface area (Å²) in [5.74, 6) is 6.36. The Bertz CT molecular complexity index is 1020. The maximum absolute atomic E-state index is 13.7. The molecule has 0 bridgehead atoms. The topological polar surface area (TPSA) is 95.1 Å². The zero-order valence-electron chi connectivity index (χ0n) is 16.3. The van der Waals surface area contributed by atoms with Crippen molar-refractivity contribution in [1.29, 1.82) is 0 Å². The number of nitrogens with two attached hydrogens (primary N) is 1. The van der Waals surface area contributed by atoms with Crippen LogP contribution in [-0.2, 0) is 11.4 Å². The monoisotopic (exact) mass is 415 g/mol. The van der Waals surface area contributed by atoms with E-state index in [0.717, 1.165) is 28.6 Å². The van der Waals surface area contributed by atoms with Crippen LogP contribution in [0.2, 0.25) is 0 Å². The lowest BCUT2D eigenvalue weighted by Crippen LogP contribution is -2.24. The first-order valence-corrected chi connectivity index (χ1v) is 9.84.